The van der Waals surface area contributed by atoms with Gasteiger partial charge in [-0.1, -0.05) is 43.6 Å². The molecule has 1 aliphatic heterocycles. The Morgan fingerprint density at radius 1 is 1.08 bits per heavy atom. The first-order valence-electron chi connectivity index (χ1n) is 7.93. The van der Waals surface area contributed by atoms with Gasteiger partial charge in [0.1, 0.15) is 6.54 Å². The van der Waals surface area contributed by atoms with Crippen LogP contribution >= 0.6 is 11.6 Å². The fourth-order valence-electron chi connectivity index (χ4n) is 2.73. The van der Waals surface area contributed by atoms with Gasteiger partial charge in [0.25, 0.3) is 11.8 Å². The number of hydrogen-bond acceptors (Lipinski definition) is 3. The maximum atomic E-state index is 12.4. The molecule has 1 heterocycles. The Kier molecular flexibility index (Phi) is 4.59. The molecule has 6 heteroatoms. The maximum Gasteiger partial charge on any atom is 0.263 e. The predicted octanol–water partition coefficient (Wildman–Crippen LogP) is 3.70. The normalized spacial score (nSPS) is 13.4. The fourth-order valence-corrected chi connectivity index (χ4v) is 2.99. The summed E-state index contributed by atoms with van der Waals surface area (Å²) in [4.78, 5) is 37.8. The molecule has 0 unspecified atom stereocenters. The van der Waals surface area contributed by atoms with Crippen LogP contribution in [-0.2, 0) is 4.79 Å². The van der Waals surface area contributed by atoms with E-state index in [1.807, 2.05) is 12.1 Å². The predicted molar refractivity (Wildman–Crippen MR) is 96.0 cm³/mol. The zero-order valence-electron chi connectivity index (χ0n) is 13.9. The second-order valence-electron chi connectivity index (χ2n) is 6.18. The molecule has 2 aromatic rings. The minimum atomic E-state index is -0.545. The molecule has 0 radical (unpaired) electrons. The molecule has 0 saturated carbocycles. The van der Waals surface area contributed by atoms with Gasteiger partial charge in [0.2, 0.25) is 5.91 Å². The van der Waals surface area contributed by atoms with E-state index in [0.29, 0.717) is 11.6 Å². The molecule has 0 aliphatic carbocycles. The highest BCUT2D eigenvalue weighted by molar-refractivity contribution is 6.37. The van der Waals surface area contributed by atoms with Crippen molar-refractivity contribution in [1.29, 1.82) is 0 Å². The molecule has 0 saturated heterocycles. The van der Waals surface area contributed by atoms with Crippen molar-refractivity contribution in [3.8, 4) is 0 Å². The summed E-state index contributed by atoms with van der Waals surface area (Å²) in [6.07, 6.45) is 0. The van der Waals surface area contributed by atoms with Crippen molar-refractivity contribution >= 4 is 35.0 Å². The molecule has 0 atom stereocenters. The fraction of sp³-hybridized carbons (Fsp3) is 0.211. The number of carbonyl (C=O) groups is 3. The van der Waals surface area contributed by atoms with E-state index < -0.39 is 17.7 Å². The van der Waals surface area contributed by atoms with Gasteiger partial charge in [-0.15, -0.1) is 0 Å². The summed E-state index contributed by atoms with van der Waals surface area (Å²) in [5.74, 6) is -1.10. The lowest BCUT2D eigenvalue weighted by Gasteiger charge is -2.14. The van der Waals surface area contributed by atoms with Crippen LogP contribution in [0.2, 0.25) is 5.02 Å². The number of anilines is 1. The van der Waals surface area contributed by atoms with E-state index in [1.165, 1.54) is 6.07 Å². The number of imide groups is 1. The molecule has 0 fully saturated rings. The highest BCUT2D eigenvalue weighted by Gasteiger charge is 2.38. The lowest BCUT2D eigenvalue weighted by molar-refractivity contribution is -0.116. The second kappa shape index (κ2) is 6.69. The number of benzene rings is 2. The first-order chi connectivity index (χ1) is 11.9. The number of nitrogens with zero attached hydrogens (tertiary/aromatic N) is 1. The number of amides is 3. The molecule has 0 aromatic heterocycles. The third kappa shape index (κ3) is 3.28. The maximum absolute atomic E-state index is 12.4. The standard InChI is InChI=1S/C19H17ClN2O3/c1-11(2)12-6-8-13(9-7-12)21-16(23)10-22-18(24)14-4-3-5-15(20)17(14)19(22)25/h3-9,11H,10H2,1-2H3,(H,21,23). The molecule has 5 nitrogen and oxygen atoms in total. The zero-order valence-corrected chi connectivity index (χ0v) is 14.6. The van der Waals surface area contributed by atoms with Crippen molar-refractivity contribution in [2.75, 3.05) is 11.9 Å². The summed E-state index contributed by atoms with van der Waals surface area (Å²) < 4.78 is 0. The van der Waals surface area contributed by atoms with Crippen molar-refractivity contribution < 1.29 is 14.4 Å². The largest absolute Gasteiger partial charge is 0.325 e. The van der Waals surface area contributed by atoms with Crippen LogP contribution in [0.1, 0.15) is 46.0 Å². The van der Waals surface area contributed by atoms with E-state index in [0.717, 1.165) is 10.5 Å². The van der Waals surface area contributed by atoms with Gasteiger partial charge in [-0.2, -0.15) is 0 Å². The highest BCUT2D eigenvalue weighted by Crippen LogP contribution is 2.29. The summed E-state index contributed by atoms with van der Waals surface area (Å²) in [5.41, 5.74) is 2.16. The quantitative estimate of drug-likeness (QED) is 0.849. The average Bonchev–Trinajstić information content (AvgIpc) is 2.81. The first-order valence-corrected chi connectivity index (χ1v) is 8.31. The Morgan fingerprint density at radius 2 is 1.76 bits per heavy atom. The van der Waals surface area contributed by atoms with Gasteiger partial charge in [0, 0.05) is 5.69 Å². The van der Waals surface area contributed by atoms with Crippen LogP contribution in [0.25, 0.3) is 0 Å². The second-order valence-corrected chi connectivity index (χ2v) is 6.59. The van der Waals surface area contributed by atoms with E-state index in [2.05, 4.69) is 19.2 Å². The Hall–Kier alpha value is -2.66. The van der Waals surface area contributed by atoms with E-state index in [9.17, 15) is 14.4 Å². The molecule has 1 aliphatic rings. The Labute approximate surface area is 150 Å². The number of nitrogens with one attached hydrogen (secondary N) is 1. The van der Waals surface area contributed by atoms with E-state index in [-0.39, 0.29) is 22.7 Å². The van der Waals surface area contributed by atoms with Crippen molar-refractivity contribution in [1.82, 2.24) is 4.90 Å². The van der Waals surface area contributed by atoms with E-state index >= 15 is 0 Å². The van der Waals surface area contributed by atoms with Crippen LogP contribution in [0.4, 0.5) is 5.69 Å². The highest BCUT2D eigenvalue weighted by atomic mass is 35.5. The van der Waals surface area contributed by atoms with Gasteiger partial charge < -0.3 is 5.32 Å². The molecule has 2 aromatic carbocycles. The summed E-state index contributed by atoms with van der Waals surface area (Å²) in [5, 5.41) is 2.91. The molecule has 0 bridgehead atoms. The molecular formula is C19H17ClN2O3. The summed E-state index contributed by atoms with van der Waals surface area (Å²) >= 11 is 6.00. The Morgan fingerprint density at radius 3 is 2.36 bits per heavy atom. The molecule has 1 N–H and O–H groups in total. The number of fused-ring (bicyclic) bond motifs is 1. The third-order valence-corrected chi connectivity index (χ3v) is 4.43. The number of hydrogen-bond donors (Lipinski definition) is 1. The van der Waals surface area contributed by atoms with Crippen LogP contribution < -0.4 is 5.32 Å². The average molecular weight is 357 g/mol. The molecule has 0 spiro atoms. The van der Waals surface area contributed by atoms with Crippen molar-refractivity contribution in [2.45, 2.75) is 19.8 Å². The first kappa shape index (κ1) is 17.2. The van der Waals surface area contributed by atoms with Gasteiger partial charge >= 0.3 is 0 Å². The molecular weight excluding hydrogens is 340 g/mol. The van der Waals surface area contributed by atoms with Crippen LogP contribution in [-0.4, -0.2) is 29.2 Å². The monoisotopic (exact) mass is 356 g/mol. The van der Waals surface area contributed by atoms with Crippen LogP contribution in [0.15, 0.2) is 42.5 Å². The molecule has 128 valence electrons. The van der Waals surface area contributed by atoms with Crippen LogP contribution in [0, 0.1) is 0 Å². The zero-order chi connectivity index (χ0) is 18.1. The minimum Gasteiger partial charge on any atom is -0.325 e. The van der Waals surface area contributed by atoms with Gasteiger partial charge in [0.15, 0.2) is 0 Å². The summed E-state index contributed by atoms with van der Waals surface area (Å²) in [6.45, 7) is 3.82. The molecule has 3 rings (SSSR count). The summed E-state index contributed by atoms with van der Waals surface area (Å²) in [6, 6.07) is 12.1. The smallest absolute Gasteiger partial charge is 0.263 e. The van der Waals surface area contributed by atoms with Crippen molar-refractivity contribution in [3.63, 3.8) is 0 Å². The van der Waals surface area contributed by atoms with Gasteiger partial charge in [-0.25, -0.2) is 0 Å². The number of rotatable bonds is 4. The van der Waals surface area contributed by atoms with Gasteiger partial charge in [-0.3, -0.25) is 19.3 Å². The van der Waals surface area contributed by atoms with Crippen LogP contribution in [0.5, 0.6) is 0 Å². The van der Waals surface area contributed by atoms with Crippen LogP contribution in [0.3, 0.4) is 0 Å². The molecule has 25 heavy (non-hydrogen) atoms. The van der Waals surface area contributed by atoms with E-state index in [1.54, 1.807) is 24.3 Å². The van der Waals surface area contributed by atoms with Gasteiger partial charge in [0.05, 0.1) is 16.1 Å². The Bertz CT molecular complexity index is 859. The molecule has 3 amide bonds. The topological polar surface area (TPSA) is 66.5 Å². The number of halogens is 1. The van der Waals surface area contributed by atoms with Crippen molar-refractivity contribution in [2.24, 2.45) is 0 Å². The lowest BCUT2D eigenvalue weighted by atomic mass is 10.0. The van der Waals surface area contributed by atoms with Gasteiger partial charge in [-0.05, 0) is 35.7 Å². The third-order valence-electron chi connectivity index (χ3n) is 4.11. The van der Waals surface area contributed by atoms with Crippen molar-refractivity contribution in [3.05, 3.63) is 64.2 Å². The minimum absolute atomic E-state index is 0.156. The SMILES string of the molecule is CC(C)c1ccc(NC(=O)CN2C(=O)c3cccc(Cl)c3C2=O)cc1. The Balaban J connectivity index is 1.71. The lowest BCUT2D eigenvalue weighted by Crippen LogP contribution is -2.37. The van der Waals surface area contributed by atoms with E-state index in [4.69, 9.17) is 11.6 Å². The number of carbonyl (C=O) groups excluding carboxylic acids is 3. The summed E-state index contributed by atoms with van der Waals surface area (Å²) in [7, 11) is 0.